The molecule has 2 amide bonds. The number of ether oxygens (including phenoxy) is 3. The summed E-state index contributed by atoms with van der Waals surface area (Å²) in [6.07, 6.45) is 1.52. The van der Waals surface area contributed by atoms with Crippen molar-refractivity contribution in [2.75, 3.05) is 18.1 Å². The maximum atomic E-state index is 13.4. The molecular weight excluding hydrogens is 476 g/mol. The predicted octanol–water partition coefficient (Wildman–Crippen LogP) is 4.89. The Labute approximate surface area is 215 Å². The fourth-order valence-electron chi connectivity index (χ4n) is 3.67. The van der Waals surface area contributed by atoms with Crippen LogP contribution in [0.25, 0.3) is 6.08 Å². The summed E-state index contributed by atoms with van der Waals surface area (Å²) in [5.41, 5.74) is 2.09. The van der Waals surface area contributed by atoms with Crippen LogP contribution in [0.5, 0.6) is 17.2 Å². The smallest absolute Gasteiger partial charge is 0.270 e. The number of nitrogens with zero attached hydrogens (tertiary/aromatic N) is 1. The van der Waals surface area contributed by atoms with E-state index in [1.807, 2.05) is 44.2 Å². The molecule has 4 rings (SSSR count). The van der Waals surface area contributed by atoms with Gasteiger partial charge in [-0.05, 0) is 67.5 Å². The van der Waals surface area contributed by atoms with Crippen molar-refractivity contribution in [3.05, 3.63) is 89.5 Å². The number of nitrogens with one attached hydrogen (secondary N) is 1. The summed E-state index contributed by atoms with van der Waals surface area (Å²) in [5, 5.41) is 2.61. The van der Waals surface area contributed by atoms with Crippen molar-refractivity contribution >= 4 is 40.9 Å². The number of hydrogen-bond acceptors (Lipinski definition) is 6. The molecule has 3 aromatic rings. The van der Waals surface area contributed by atoms with Crippen LogP contribution < -0.4 is 24.4 Å². The maximum absolute atomic E-state index is 13.4. The predicted molar refractivity (Wildman–Crippen MR) is 142 cm³/mol. The second-order valence-electron chi connectivity index (χ2n) is 7.80. The molecule has 0 aliphatic carbocycles. The Hall–Kier alpha value is -4.17. The van der Waals surface area contributed by atoms with E-state index in [2.05, 4.69) is 5.32 Å². The highest BCUT2D eigenvalue weighted by atomic mass is 32.1. The lowest BCUT2D eigenvalue weighted by Crippen LogP contribution is -2.54. The summed E-state index contributed by atoms with van der Waals surface area (Å²) in [6, 6.07) is 22.1. The van der Waals surface area contributed by atoms with Gasteiger partial charge in [0.15, 0.2) is 16.6 Å². The van der Waals surface area contributed by atoms with Crippen LogP contribution in [0.15, 0.2) is 78.4 Å². The van der Waals surface area contributed by atoms with Gasteiger partial charge in [-0.25, -0.2) is 0 Å². The minimum atomic E-state index is -0.565. The molecule has 0 unspecified atom stereocenters. The van der Waals surface area contributed by atoms with Gasteiger partial charge in [0.1, 0.15) is 17.9 Å². The van der Waals surface area contributed by atoms with E-state index in [9.17, 15) is 9.59 Å². The minimum Gasteiger partial charge on any atom is -0.494 e. The van der Waals surface area contributed by atoms with Crippen molar-refractivity contribution in [1.29, 1.82) is 0 Å². The molecular formula is C28H26N2O5S. The molecule has 8 heteroatoms. The number of hydrogen-bond donors (Lipinski definition) is 1. The molecule has 1 N–H and O–H groups in total. The number of anilines is 1. The molecule has 0 spiro atoms. The summed E-state index contributed by atoms with van der Waals surface area (Å²) in [6.45, 7) is 5.05. The van der Waals surface area contributed by atoms with E-state index in [1.165, 1.54) is 11.0 Å². The van der Waals surface area contributed by atoms with Gasteiger partial charge < -0.3 is 14.2 Å². The largest absolute Gasteiger partial charge is 0.494 e. The van der Waals surface area contributed by atoms with Gasteiger partial charge in [-0.15, -0.1) is 0 Å². The van der Waals surface area contributed by atoms with Gasteiger partial charge in [-0.2, -0.15) is 0 Å². The monoisotopic (exact) mass is 502 g/mol. The van der Waals surface area contributed by atoms with Gasteiger partial charge in [0.05, 0.1) is 18.9 Å². The van der Waals surface area contributed by atoms with Crippen molar-refractivity contribution in [3.63, 3.8) is 0 Å². The molecule has 1 fully saturated rings. The van der Waals surface area contributed by atoms with Crippen LogP contribution in [-0.2, 0) is 16.2 Å². The van der Waals surface area contributed by atoms with Crippen LogP contribution in [0, 0.1) is 0 Å². The zero-order chi connectivity index (χ0) is 25.5. The standard InChI is InChI=1S/C28H26N2O5S/c1-3-33-22-12-8-11-21(17-22)30-27(32)23(26(31)29-28(30)36)15-20-13-14-24(25(16-20)34-4-2)35-18-19-9-6-5-7-10-19/h5-17H,3-4,18H2,1-2H3,(H,29,31,36). The molecule has 1 aliphatic heterocycles. The van der Waals surface area contributed by atoms with E-state index in [1.54, 1.807) is 42.5 Å². The second kappa shape index (κ2) is 11.5. The average Bonchev–Trinajstić information content (AvgIpc) is 2.87. The Morgan fingerprint density at radius 3 is 2.39 bits per heavy atom. The molecule has 36 heavy (non-hydrogen) atoms. The first-order chi connectivity index (χ1) is 17.5. The Bertz CT molecular complexity index is 1310. The lowest BCUT2D eigenvalue weighted by Gasteiger charge is -2.29. The normalized spacial score (nSPS) is 14.6. The van der Waals surface area contributed by atoms with Gasteiger partial charge in [0.25, 0.3) is 11.8 Å². The zero-order valence-electron chi connectivity index (χ0n) is 20.0. The number of rotatable bonds is 9. The Kier molecular flexibility index (Phi) is 7.97. The van der Waals surface area contributed by atoms with Crippen LogP contribution >= 0.6 is 12.2 Å². The highest BCUT2D eigenvalue weighted by Gasteiger charge is 2.34. The SMILES string of the molecule is CCOc1cccc(N2C(=O)C(=Cc3ccc(OCc4ccccc4)c(OCC)c3)C(=O)NC2=S)c1. The molecule has 0 bridgehead atoms. The summed E-state index contributed by atoms with van der Waals surface area (Å²) >= 11 is 5.30. The molecule has 0 atom stereocenters. The van der Waals surface area contributed by atoms with E-state index < -0.39 is 11.8 Å². The van der Waals surface area contributed by atoms with Gasteiger partial charge in [0.2, 0.25) is 0 Å². The van der Waals surface area contributed by atoms with Crippen LogP contribution in [0.2, 0.25) is 0 Å². The number of carbonyl (C=O) groups excluding carboxylic acids is 2. The van der Waals surface area contributed by atoms with Gasteiger partial charge in [-0.1, -0.05) is 42.5 Å². The molecule has 3 aromatic carbocycles. The minimum absolute atomic E-state index is 0.00969. The van der Waals surface area contributed by atoms with E-state index >= 15 is 0 Å². The van der Waals surface area contributed by atoms with Gasteiger partial charge >= 0.3 is 0 Å². The molecule has 1 aliphatic rings. The molecule has 0 aromatic heterocycles. The maximum Gasteiger partial charge on any atom is 0.270 e. The average molecular weight is 503 g/mol. The first-order valence-electron chi connectivity index (χ1n) is 11.6. The van der Waals surface area contributed by atoms with Crippen molar-refractivity contribution in [2.24, 2.45) is 0 Å². The number of thiocarbonyl (C=S) groups is 1. The molecule has 184 valence electrons. The number of benzene rings is 3. The Balaban J connectivity index is 1.61. The highest BCUT2D eigenvalue weighted by Crippen LogP contribution is 2.31. The number of amides is 2. The summed E-state index contributed by atoms with van der Waals surface area (Å²) in [4.78, 5) is 27.4. The third-order valence-electron chi connectivity index (χ3n) is 5.30. The van der Waals surface area contributed by atoms with Crippen LogP contribution in [0.3, 0.4) is 0 Å². The van der Waals surface area contributed by atoms with Crippen molar-refractivity contribution in [2.45, 2.75) is 20.5 Å². The first kappa shape index (κ1) is 24.9. The highest BCUT2D eigenvalue weighted by molar-refractivity contribution is 7.80. The van der Waals surface area contributed by atoms with Crippen LogP contribution in [0.4, 0.5) is 5.69 Å². The van der Waals surface area contributed by atoms with E-state index in [-0.39, 0.29) is 10.7 Å². The van der Waals surface area contributed by atoms with Crippen molar-refractivity contribution in [1.82, 2.24) is 5.32 Å². The zero-order valence-corrected chi connectivity index (χ0v) is 20.8. The van der Waals surface area contributed by atoms with Crippen molar-refractivity contribution < 1.29 is 23.8 Å². The van der Waals surface area contributed by atoms with Gasteiger partial charge in [0, 0.05) is 6.07 Å². The van der Waals surface area contributed by atoms with E-state index in [0.29, 0.717) is 48.3 Å². The Morgan fingerprint density at radius 2 is 1.64 bits per heavy atom. The summed E-state index contributed by atoms with van der Waals surface area (Å²) in [7, 11) is 0. The third-order valence-corrected chi connectivity index (χ3v) is 5.59. The van der Waals surface area contributed by atoms with Crippen molar-refractivity contribution in [3.8, 4) is 17.2 Å². The number of carbonyl (C=O) groups is 2. The fraction of sp³-hybridized carbons (Fsp3) is 0.179. The fourth-order valence-corrected chi connectivity index (χ4v) is 3.96. The quantitative estimate of drug-likeness (QED) is 0.255. The molecule has 1 heterocycles. The summed E-state index contributed by atoms with van der Waals surface area (Å²) in [5.74, 6) is 0.589. The Morgan fingerprint density at radius 1 is 0.861 bits per heavy atom. The van der Waals surface area contributed by atoms with Crippen LogP contribution in [0.1, 0.15) is 25.0 Å². The molecule has 7 nitrogen and oxygen atoms in total. The second-order valence-corrected chi connectivity index (χ2v) is 8.19. The summed E-state index contributed by atoms with van der Waals surface area (Å²) < 4.78 is 17.3. The topological polar surface area (TPSA) is 77.1 Å². The molecule has 0 saturated carbocycles. The lowest BCUT2D eigenvalue weighted by atomic mass is 10.1. The van der Waals surface area contributed by atoms with Gasteiger partial charge in [-0.3, -0.25) is 19.8 Å². The van der Waals surface area contributed by atoms with E-state index in [4.69, 9.17) is 26.4 Å². The lowest BCUT2D eigenvalue weighted by molar-refractivity contribution is -0.122. The molecule has 0 radical (unpaired) electrons. The third kappa shape index (κ3) is 5.72. The molecule has 1 saturated heterocycles. The van der Waals surface area contributed by atoms with E-state index in [0.717, 1.165) is 5.56 Å². The first-order valence-corrected chi connectivity index (χ1v) is 12.0. The van der Waals surface area contributed by atoms with Crippen LogP contribution in [-0.4, -0.2) is 30.1 Å².